The molecule has 18 heavy (non-hydrogen) atoms. The molecular formula is C13H26N2O2S. The van der Waals surface area contributed by atoms with E-state index < -0.39 is 0 Å². The monoisotopic (exact) mass is 274 g/mol. The summed E-state index contributed by atoms with van der Waals surface area (Å²) < 4.78 is 0. The van der Waals surface area contributed by atoms with E-state index in [9.17, 15) is 4.79 Å². The lowest BCUT2D eigenvalue weighted by Crippen LogP contribution is -2.49. The molecule has 4 nitrogen and oxygen atoms in total. The van der Waals surface area contributed by atoms with Crippen molar-refractivity contribution in [2.45, 2.75) is 51.1 Å². The fourth-order valence-electron chi connectivity index (χ4n) is 2.48. The first-order valence-corrected chi connectivity index (χ1v) is 8.23. The van der Waals surface area contributed by atoms with Crippen molar-refractivity contribution in [2.75, 3.05) is 18.6 Å². The normalized spacial score (nSPS) is 25.5. The molecule has 0 aromatic carbocycles. The minimum absolute atomic E-state index is 0.0592. The van der Waals surface area contributed by atoms with Crippen LogP contribution in [0.15, 0.2) is 0 Å². The van der Waals surface area contributed by atoms with Gasteiger partial charge >= 0.3 is 6.03 Å². The molecular weight excluding hydrogens is 248 g/mol. The number of aliphatic hydroxyl groups is 1. The predicted molar refractivity (Wildman–Crippen MR) is 77.0 cm³/mol. The number of hydrogen-bond donors (Lipinski definition) is 3. The van der Waals surface area contributed by atoms with Gasteiger partial charge in [-0.05, 0) is 31.4 Å². The summed E-state index contributed by atoms with van der Waals surface area (Å²) in [4.78, 5) is 11.9. The molecule has 106 valence electrons. The van der Waals surface area contributed by atoms with Gasteiger partial charge in [-0.2, -0.15) is 11.8 Å². The number of hydrogen-bond acceptors (Lipinski definition) is 3. The second kappa shape index (κ2) is 8.64. The fourth-order valence-corrected chi connectivity index (χ4v) is 3.13. The third kappa shape index (κ3) is 5.48. The van der Waals surface area contributed by atoms with Gasteiger partial charge in [-0.25, -0.2) is 4.79 Å². The van der Waals surface area contributed by atoms with Crippen molar-refractivity contribution < 1.29 is 9.90 Å². The molecule has 0 saturated heterocycles. The Labute approximate surface area is 114 Å². The SMILES string of the molecule is CSCC(CCO)NC(=O)NC1CCCCC1C. The summed E-state index contributed by atoms with van der Waals surface area (Å²) in [6.45, 7) is 2.32. The summed E-state index contributed by atoms with van der Waals surface area (Å²) in [6, 6.07) is 0.285. The lowest BCUT2D eigenvalue weighted by Gasteiger charge is -2.30. The molecule has 1 aliphatic rings. The summed E-state index contributed by atoms with van der Waals surface area (Å²) in [7, 11) is 0. The van der Waals surface area contributed by atoms with Gasteiger partial charge in [0, 0.05) is 24.4 Å². The number of amides is 2. The van der Waals surface area contributed by atoms with Crippen LogP contribution in [0, 0.1) is 5.92 Å². The Morgan fingerprint density at radius 2 is 2.17 bits per heavy atom. The van der Waals surface area contributed by atoms with Crippen LogP contribution in [0.5, 0.6) is 0 Å². The zero-order valence-corrected chi connectivity index (χ0v) is 12.3. The van der Waals surface area contributed by atoms with Crippen LogP contribution in [0.3, 0.4) is 0 Å². The van der Waals surface area contributed by atoms with Crippen molar-refractivity contribution >= 4 is 17.8 Å². The van der Waals surface area contributed by atoms with Crippen LogP contribution in [0.1, 0.15) is 39.0 Å². The molecule has 1 saturated carbocycles. The number of aliphatic hydroxyl groups excluding tert-OH is 1. The van der Waals surface area contributed by atoms with E-state index in [1.165, 1.54) is 19.3 Å². The second-order valence-electron chi connectivity index (χ2n) is 5.15. The Morgan fingerprint density at radius 3 is 2.78 bits per heavy atom. The first-order chi connectivity index (χ1) is 8.67. The highest BCUT2D eigenvalue weighted by Gasteiger charge is 2.23. The lowest BCUT2D eigenvalue weighted by atomic mass is 9.86. The zero-order chi connectivity index (χ0) is 13.4. The molecule has 0 aromatic heterocycles. The van der Waals surface area contributed by atoms with E-state index in [2.05, 4.69) is 17.6 Å². The smallest absolute Gasteiger partial charge is 0.315 e. The Bertz CT molecular complexity index is 245. The van der Waals surface area contributed by atoms with Crippen LogP contribution in [0.2, 0.25) is 0 Å². The number of thioether (sulfide) groups is 1. The number of carbonyl (C=O) groups is 1. The van der Waals surface area contributed by atoms with Gasteiger partial charge in [0.25, 0.3) is 0 Å². The first-order valence-electron chi connectivity index (χ1n) is 6.84. The number of carbonyl (C=O) groups excluding carboxylic acids is 1. The number of urea groups is 1. The molecule has 0 aliphatic heterocycles. The highest BCUT2D eigenvalue weighted by Crippen LogP contribution is 2.23. The highest BCUT2D eigenvalue weighted by atomic mass is 32.2. The standard InChI is InChI=1S/C13H26N2O2S/c1-10-5-3-4-6-12(10)15-13(17)14-11(7-8-16)9-18-2/h10-12,16H,3-9H2,1-2H3,(H2,14,15,17). The quantitative estimate of drug-likeness (QED) is 0.694. The van der Waals surface area contributed by atoms with E-state index in [1.807, 2.05) is 6.26 Å². The molecule has 1 rings (SSSR count). The molecule has 3 atom stereocenters. The van der Waals surface area contributed by atoms with E-state index in [4.69, 9.17) is 5.11 Å². The van der Waals surface area contributed by atoms with Gasteiger partial charge < -0.3 is 15.7 Å². The first kappa shape index (κ1) is 15.6. The van der Waals surface area contributed by atoms with Crippen LogP contribution in [-0.2, 0) is 0 Å². The minimum atomic E-state index is -0.0822. The Morgan fingerprint density at radius 1 is 1.44 bits per heavy atom. The minimum Gasteiger partial charge on any atom is -0.396 e. The largest absolute Gasteiger partial charge is 0.396 e. The molecule has 5 heteroatoms. The maximum absolute atomic E-state index is 11.9. The topological polar surface area (TPSA) is 61.4 Å². The van der Waals surface area contributed by atoms with E-state index in [0.717, 1.165) is 12.2 Å². The molecule has 0 radical (unpaired) electrons. The van der Waals surface area contributed by atoms with E-state index in [1.54, 1.807) is 11.8 Å². The molecule has 2 amide bonds. The molecule has 1 aliphatic carbocycles. The van der Waals surface area contributed by atoms with E-state index in [-0.39, 0.29) is 18.7 Å². The van der Waals surface area contributed by atoms with Gasteiger partial charge in [0.15, 0.2) is 0 Å². The van der Waals surface area contributed by atoms with Crippen LogP contribution in [-0.4, -0.2) is 41.8 Å². The molecule has 3 N–H and O–H groups in total. The van der Waals surface area contributed by atoms with Gasteiger partial charge in [-0.15, -0.1) is 0 Å². The van der Waals surface area contributed by atoms with Crippen molar-refractivity contribution in [1.29, 1.82) is 0 Å². The molecule has 0 spiro atoms. The summed E-state index contributed by atoms with van der Waals surface area (Å²) >= 11 is 1.68. The van der Waals surface area contributed by atoms with Gasteiger partial charge in [-0.3, -0.25) is 0 Å². The summed E-state index contributed by atoms with van der Waals surface area (Å²) in [5.41, 5.74) is 0. The van der Waals surface area contributed by atoms with Gasteiger partial charge in [0.1, 0.15) is 0 Å². The van der Waals surface area contributed by atoms with Gasteiger partial charge in [0.05, 0.1) is 0 Å². The average Bonchev–Trinajstić information content (AvgIpc) is 2.33. The summed E-state index contributed by atoms with van der Waals surface area (Å²) in [5, 5.41) is 15.0. The summed E-state index contributed by atoms with van der Waals surface area (Å²) in [5.74, 6) is 1.41. The predicted octanol–water partition coefficient (Wildman–Crippen LogP) is 1.98. The molecule has 0 heterocycles. The summed E-state index contributed by atoms with van der Waals surface area (Å²) in [6.07, 6.45) is 7.40. The lowest BCUT2D eigenvalue weighted by molar-refractivity contribution is 0.215. The maximum Gasteiger partial charge on any atom is 0.315 e. The molecule has 0 bridgehead atoms. The van der Waals surface area contributed by atoms with Crippen LogP contribution in [0.4, 0.5) is 4.79 Å². The Balaban J connectivity index is 2.34. The maximum atomic E-state index is 11.9. The molecule has 3 unspecified atom stereocenters. The Hall–Kier alpha value is -0.420. The van der Waals surface area contributed by atoms with E-state index >= 15 is 0 Å². The van der Waals surface area contributed by atoms with Crippen molar-refractivity contribution in [3.8, 4) is 0 Å². The third-order valence-electron chi connectivity index (χ3n) is 3.61. The zero-order valence-electron chi connectivity index (χ0n) is 11.4. The number of rotatable bonds is 6. The average molecular weight is 274 g/mol. The van der Waals surface area contributed by atoms with Crippen LogP contribution >= 0.6 is 11.8 Å². The van der Waals surface area contributed by atoms with E-state index in [0.29, 0.717) is 18.4 Å². The van der Waals surface area contributed by atoms with Crippen molar-refractivity contribution in [3.05, 3.63) is 0 Å². The molecule has 1 fully saturated rings. The second-order valence-corrected chi connectivity index (χ2v) is 6.06. The van der Waals surface area contributed by atoms with Gasteiger partial charge in [-0.1, -0.05) is 19.8 Å². The van der Waals surface area contributed by atoms with Crippen LogP contribution in [0.25, 0.3) is 0 Å². The number of nitrogens with one attached hydrogen (secondary N) is 2. The van der Waals surface area contributed by atoms with Gasteiger partial charge in [0.2, 0.25) is 0 Å². The fraction of sp³-hybridized carbons (Fsp3) is 0.923. The van der Waals surface area contributed by atoms with Crippen molar-refractivity contribution in [3.63, 3.8) is 0 Å². The van der Waals surface area contributed by atoms with Crippen LogP contribution < -0.4 is 10.6 Å². The van der Waals surface area contributed by atoms with Crippen molar-refractivity contribution in [1.82, 2.24) is 10.6 Å². The highest BCUT2D eigenvalue weighted by molar-refractivity contribution is 7.98. The van der Waals surface area contributed by atoms with Crippen molar-refractivity contribution in [2.24, 2.45) is 5.92 Å². The molecule has 0 aromatic rings. The third-order valence-corrected chi connectivity index (χ3v) is 4.34. The Kier molecular flexibility index (Phi) is 7.51.